The molecule has 2 heterocycles. The zero-order valence-corrected chi connectivity index (χ0v) is 23.3. The van der Waals surface area contributed by atoms with Crippen molar-refractivity contribution in [3.63, 3.8) is 0 Å². The van der Waals surface area contributed by atoms with Gasteiger partial charge in [-0.1, -0.05) is 81.4 Å². The maximum absolute atomic E-state index is 13.7. The van der Waals surface area contributed by atoms with E-state index >= 15 is 0 Å². The summed E-state index contributed by atoms with van der Waals surface area (Å²) in [6, 6.07) is 23.8. The monoisotopic (exact) mass is 555 g/mol. The summed E-state index contributed by atoms with van der Waals surface area (Å²) in [5, 5.41) is 2.70. The van der Waals surface area contributed by atoms with Crippen LogP contribution in [0.1, 0.15) is 42.3 Å². The highest BCUT2D eigenvalue weighted by molar-refractivity contribution is 6.02. The van der Waals surface area contributed by atoms with Gasteiger partial charge in [0.25, 0.3) is 11.8 Å². The van der Waals surface area contributed by atoms with Crippen molar-refractivity contribution in [3.05, 3.63) is 102 Å². The topological polar surface area (TPSA) is 105 Å². The minimum Gasteiger partial charge on any atom is -0.484 e. The molecule has 1 N–H and O–H groups in total. The van der Waals surface area contributed by atoms with E-state index in [9.17, 15) is 19.2 Å². The van der Waals surface area contributed by atoms with Gasteiger partial charge in [-0.3, -0.25) is 14.4 Å². The van der Waals surface area contributed by atoms with Crippen LogP contribution in [0.5, 0.6) is 5.75 Å². The van der Waals surface area contributed by atoms with E-state index in [2.05, 4.69) is 26.1 Å². The van der Waals surface area contributed by atoms with E-state index < -0.39 is 41.9 Å². The first kappa shape index (κ1) is 27.9. The third kappa shape index (κ3) is 5.94. The highest BCUT2D eigenvalue weighted by Gasteiger charge is 2.61. The van der Waals surface area contributed by atoms with Gasteiger partial charge in [0.15, 0.2) is 6.61 Å². The summed E-state index contributed by atoms with van der Waals surface area (Å²) < 4.78 is 11.1. The van der Waals surface area contributed by atoms with Crippen molar-refractivity contribution in [1.29, 1.82) is 0 Å². The number of para-hydroxylation sites is 1. The fourth-order valence-corrected chi connectivity index (χ4v) is 5.07. The molecule has 9 nitrogen and oxygen atoms in total. The minimum absolute atomic E-state index is 0.00215. The van der Waals surface area contributed by atoms with E-state index in [-0.39, 0.29) is 25.2 Å². The predicted molar refractivity (Wildman–Crippen MR) is 151 cm³/mol. The zero-order valence-electron chi connectivity index (χ0n) is 23.3. The summed E-state index contributed by atoms with van der Waals surface area (Å²) in [7, 11) is 0. The van der Waals surface area contributed by atoms with Crippen molar-refractivity contribution in [2.75, 3.05) is 13.2 Å². The highest BCUT2D eigenvalue weighted by atomic mass is 16.5. The number of hydrogen-bond donors (Lipinski definition) is 1. The maximum atomic E-state index is 13.7. The molecule has 0 saturated carbocycles. The number of rotatable bonds is 8. The molecule has 3 aromatic rings. The third-order valence-electron chi connectivity index (χ3n) is 7.33. The lowest BCUT2D eigenvalue weighted by Gasteiger charge is -2.43. The smallest absolute Gasteiger partial charge is 0.350 e. The van der Waals surface area contributed by atoms with Crippen LogP contribution in [-0.4, -0.2) is 64.9 Å². The first-order chi connectivity index (χ1) is 19.6. The predicted octanol–water partition coefficient (Wildman–Crippen LogP) is 3.28. The SMILES string of the molecule is CC(C)(C)c1ccc(C(=O)N2CC3[C@@H](NC(=O)COc4ccccc4)C(=O)N3C2C(=O)OCc2ccccc2)cc1. The molecule has 0 aliphatic carbocycles. The van der Waals surface area contributed by atoms with Crippen molar-refractivity contribution in [3.8, 4) is 5.75 Å². The van der Waals surface area contributed by atoms with Crippen molar-refractivity contribution in [2.45, 2.75) is 51.0 Å². The van der Waals surface area contributed by atoms with Gasteiger partial charge in [-0.2, -0.15) is 0 Å². The number of benzene rings is 3. The summed E-state index contributed by atoms with van der Waals surface area (Å²) in [5.41, 5.74) is 2.15. The maximum Gasteiger partial charge on any atom is 0.350 e. The molecule has 2 aliphatic rings. The molecular weight excluding hydrogens is 522 g/mol. The molecule has 0 aromatic heterocycles. The van der Waals surface area contributed by atoms with E-state index in [4.69, 9.17) is 9.47 Å². The van der Waals surface area contributed by atoms with Gasteiger partial charge in [-0.05, 0) is 40.8 Å². The second kappa shape index (κ2) is 11.4. The number of β-lactam (4-membered cyclic amide) rings is 1. The number of nitrogens with zero attached hydrogens (tertiary/aromatic N) is 2. The average molecular weight is 556 g/mol. The largest absolute Gasteiger partial charge is 0.484 e. The van der Waals surface area contributed by atoms with Gasteiger partial charge in [0.2, 0.25) is 12.1 Å². The van der Waals surface area contributed by atoms with Crippen LogP contribution in [0.25, 0.3) is 0 Å². The van der Waals surface area contributed by atoms with Crippen molar-refractivity contribution in [2.24, 2.45) is 0 Å². The Kier molecular flexibility index (Phi) is 7.79. The Morgan fingerprint density at radius 2 is 1.54 bits per heavy atom. The highest BCUT2D eigenvalue weighted by Crippen LogP contribution is 2.34. The number of fused-ring (bicyclic) bond motifs is 1. The molecule has 2 aliphatic heterocycles. The van der Waals surface area contributed by atoms with Crippen LogP contribution >= 0.6 is 0 Å². The zero-order chi connectivity index (χ0) is 29.1. The van der Waals surface area contributed by atoms with Gasteiger partial charge in [0, 0.05) is 12.1 Å². The fourth-order valence-electron chi connectivity index (χ4n) is 5.07. The summed E-state index contributed by atoms with van der Waals surface area (Å²) in [5.74, 6) is -1.50. The molecule has 3 amide bonds. The molecule has 212 valence electrons. The molecule has 2 unspecified atom stereocenters. The molecule has 0 bridgehead atoms. The third-order valence-corrected chi connectivity index (χ3v) is 7.33. The van der Waals surface area contributed by atoms with Gasteiger partial charge in [-0.25, -0.2) is 4.79 Å². The van der Waals surface area contributed by atoms with Crippen LogP contribution in [0.2, 0.25) is 0 Å². The number of esters is 1. The minimum atomic E-state index is -1.24. The van der Waals surface area contributed by atoms with Crippen LogP contribution in [0, 0.1) is 0 Å². The number of carbonyl (C=O) groups is 4. The van der Waals surface area contributed by atoms with Crippen molar-refractivity contribution in [1.82, 2.24) is 15.1 Å². The molecule has 41 heavy (non-hydrogen) atoms. The van der Waals surface area contributed by atoms with E-state index in [1.54, 1.807) is 36.4 Å². The van der Waals surface area contributed by atoms with Crippen LogP contribution < -0.4 is 10.1 Å². The molecular formula is C32H33N3O6. The van der Waals surface area contributed by atoms with E-state index in [1.165, 1.54) is 9.80 Å². The van der Waals surface area contributed by atoms with Gasteiger partial charge in [0.05, 0.1) is 6.04 Å². The van der Waals surface area contributed by atoms with E-state index in [0.717, 1.165) is 11.1 Å². The van der Waals surface area contributed by atoms with Crippen molar-refractivity contribution < 1.29 is 28.7 Å². The number of hydrogen-bond acceptors (Lipinski definition) is 6. The summed E-state index contributed by atoms with van der Waals surface area (Å²) >= 11 is 0. The van der Waals surface area contributed by atoms with Gasteiger partial charge < -0.3 is 24.6 Å². The number of amides is 3. The van der Waals surface area contributed by atoms with Gasteiger partial charge >= 0.3 is 5.97 Å². The Balaban J connectivity index is 1.32. The molecule has 0 radical (unpaired) electrons. The van der Waals surface area contributed by atoms with Crippen LogP contribution in [0.3, 0.4) is 0 Å². The first-order valence-electron chi connectivity index (χ1n) is 13.5. The summed E-state index contributed by atoms with van der Waals surface area (Å²) in [6.07, 6.45) is -1.24. The normalized spacial score (nSPS) is 19.7. The van der Waals surface area contributed by atoms with E-state index in [1.807, 2.05) is 48.5 Å². The molecule has 3 aromatic carbocycles. The summed E-state index contributed by atoms with van der Waals surface area (Å²) in [6.45, 7) is 6.05. The Morgan fingerprint density at radius 1 is 0.902 bits per heavy atom. The Labute approximate surface area is 239 Å². The fraction of sp³-hybridized carbons (Fsp3) is 0.312. The van der Waals surface area contributed by atoms with Gasteiger partial charge in [0.1, 0.15) is 18.4 Å². The molecule has 3 atom stereocenters. The standard InChI is InChI=1S/C32H33N3O6/c1-32(2,3)23-16-14-22(15-17-23)29(37)34-18-25-27(33-26(36)20-40-24-12-8-5-9-13-24)30(38)35(25)28(34)31(39)41-19-21-10-6-4-7-11-21/h4-17,25,27-28H,18-20H2,1-3H3,(H,33,36)/t25?,27-,28?/m1/s1. The van der Waals surface area contributed by atoms with Crippen molar-refractivity contribution >= 4 is 23.7 Å². The molecule has 2 saturated heterocycles. The molecule has 0 spiro atoms. The average Bonchev–Trinajstić information content (AvgIpc) is 3.34. The van der Waals surface area contributed by atoms with Gasteiger partial charge in [-0.15, -0.1) is 0 Å². The Hall–Kier alpha value is -4.66. The first-order valence-corrected chi connectivity index (χ1v) is 13.5. The second-order valence-electron chi connectivity index (χ2n) is 11.2. The number of ether oxygens (including phenoxy) is 2. The second-order valence-corrected chi connectivity index (χ2v) is 11.2. The molecule has 9 heteroatoms. The lowest BCUT2D eigenvalue weighted by Crippen LogP contribution is -2.71. The lowest BCUT2D eigenvalue weighted by atomic mass is 9.86. The van der Waals surface area contributed by atoms with Crippen LogP contribution in [0.15, 0.2) is 84.9 Å². The van der Waals surface area contributed by atoms with Crippen LogP contribution in [0.4, 0.5) is 0 Å². The van der Waals surface area contributed by atoms with E-state index in [0.29, 0.717) is 11.3 Å². The summed E-state index contributed by atoms with van der Waals surface area (Å²) in [4.78, 5) is 55.6. The number of nitrogens with one attached hydrogen (secondary N) is 1. The molecule has 2 fully saturated rings. The number of carbonyl (C=O) groups excluding carboxylic acids is 4. The quantitative estimate of drug-likeness (QED) is 0.338. The Morgan fingerprint density at radius 3 is 2.17 bits per heavy atom. The van der Waals surface area contributed by atoms with Crippen LogP contribution in [-0.2, 0) is 31.1 Å². The Bertz CT molecular complexity index is 1420. The molecule has 5 rings (SSSR count). The lowest BCUT2D eigenvalue weighted by molar-refractivity contribution is -0.167.